The number of benzene rings is 2. The van der Waals surface area contributed by atoms with Crippen molar-refractivity contribution in [3.05, 3.63) is 76.0 Å². The fourth-order valence-corrected chi connectivity index (χ4v) is 5.00. The summed E-state index contributed by atoms with van der Waals surface area (Å²) in [6.45, 7) is 0. The zero-order valence-corrected chi connectivity index (χ0v) is 16.2. The van der Waals surface area contributed by atoms with Crippen molar-refractivity contribution in [3.8, 4) is 10.6 Å². The van der Waals surface area contributed by atoms with Gasteiger partial charge in [0.1, 0.15) is 5.01 Å². The Bertz CT molecular complexity index is 1160. The molecule has 0 spiro atoms. The molecular formula is C21H17N3OS2. The summed E-state index contributed by atoms with van der Waals surface area (Å²) in [6, 6.07) is 18.1. The van der Waals surface area contributed by atoms with Gasteiger partial charge in [0.25, 0.3) is 5.56 Å². The van der Waals surface area contributed by atoms with Crippen molar-refractivity contribution >= 4 is 34.0 Å². The highest BCUT2D eigenvalue weighted by atomic mass is 32.2. The molecule has 2 aromatic heterocycles. The fourth-order valence-electron chi connectivity index (χ4n) is 3.11. The molecule has 4 nitrogen and oxygen atoms in total. The number of thioether (sulfide) groups is 1. The number of para-hydroxylation sites is 1. The summed E-state index contributed by atoms with van der Waals surface area (Å²) >= 11 is 3.25. The van der Waals surface area contributed by atoms with Gasteiger partial charge in [-0.15, -0.1) is 11.3 Å². The lowest BCUT2D eigenvalue weighted by molar-refractivity contribution is 0.618. The van der Waals surface area contributed by atoms with Crippen LogP contribution in [0.25, 0.3) is 21.5 Å². The Hall–Kier alpha value is -2.44. The molecule has 0 aliphatic heterocycles. The van der Waals surface area contributed by atoms with Crippen LogP contribution in [0.15, 0.2) is 69.9 Å². The number of fused-ring (bicyclic) bond motifs is 1. The lowest BCUT2D eigenvalue weighted by Crippen LogP contribution is -2.22. The number of thiazole rings is 1. The summed E-state index contributed by atoms with van der Waals surface area (Å²) in [6.07, 6.45) is 2.12. The molecule has 1 aliphatic carbocycles. The van der Waals surface area contributed by atoms with Crippen LogP contribution in [0, 0.1) is 0 Å². The molecule has 0 N–H and O–H groups in total. The highest BCUT2D eigenvalue weighted by Crippen LogP contribution is 2.37. The molecule has 0 atom stereocenters. The quantitative estimate of drug-likeness (QED) is 0.349. The SMILES string of the molecule is O=c1c2ccccc2nc(SCc2csc(-c3ccccc3)n2)n1C1CC1. The average molecular weight is 392 g/mol. The van der Waals surface area contributed by atoms with E-state index in [0.717, 1.165) is 39.8 Å². The van der Waals surface area contributed by atoms with Crippen LogP contribution < -0.4 is 5.56 Å². The van der Waals surface area contributed by atoms with Crippen molar-refractivity contribution in [1.82, 2.24) is 14.5 Å². The molecule has 0 radical (unpaired) electrons. The first-order valence-electron chi connectivity index (χ1n) is 8.93. The Kier molecular flexibility index (Phi) is 4.30. The summed E-state index contributed by atoms with van der Waals surface area (Å²) in [5.74, 6) is 0.709. The minimum absolute atomic E-state index is 0.0776. The Morgan fingerprint density at radius 2 is 1.81 bits per heavy atom. The number of nitrogens with zero attached hydrogens (tertiary/aromatic N) is 3. The highest BCUT2D eigenvalue weighted by molar-refractivity contribution is 7.98. The summed E-state index contributed by atoms with van der Waals surface area (Å²) in [5, 5.41) is 4.62. The van der Waals surface area contributed by atoms with E-state index in [1.54, 1.807) is 23.1 Å². The van der Waals surface area contributed by atoms with E-state index in [1.165, 1.54) is 0 Å². The third-order valence-corrected chi connectivity index (χ3v) is 6.54. The van der Waals surface area contributed by atoms with Crippen LogP contribution in [0.3, 0.4) is 0 Å². The summed E-state index contributed by atoms with van der Waals surface area (Å²) in [4.78, 5) is 22.5. The van der Waals surface area contributed by atoms with Crippen molar-refractivity contribution in [3.63, 3.8) is 0 Å². The number of rotatable bonds is 5. The Balaban J connectivity index is 1.44. The molecule has 134 valence electrons. The topological polar surface area (TPSA) is 47.8 Å². The van der Waals surface area contributed by atoms with Crippen LogP contribution in [0.4, 0.5) is 0 Å². The minimum Gasteiger partial charge on any atom is -0.284 e. The molecule has 1 saturated carbocycles. The lowest BCUT2D eigenvalue weighted by Gasteiger charge is -2.11. The first-order valence-corrected chi connectivity index (χ1v) is 10.8. The van der Waals surface area contributed by atoms with E-state index in [1.807, 2.05) is 47.0 Å². The van der Waals surface area contributed by atoms with Crippen LogP contribution in [0.5, 0.6) is 0 Å². The van der Waals surface area contributed by atoms with E-state index < -0.39 is 0 Å². The standard InChI is InChI=1S/C21H17N3OS2/c25-20-17-8-4-5-9-18(17)23-21(24(20)16-10-11-16)27-13-15-12-26-19(22-15)14-6-2-1-3-7-14/h1-9,12,16H,10-11,13H2. The third-order valence-electron chi connectivity index (χ3n) is 4.61. The van der Waals surface area contributed by atoms with Crippen molar-refractivity contribution in [2.45, 2.75) is 29.8 Å². The molecule has 2 heterocycles. The first-order chi connectivity index (χ1) is 13.3. The average Bonchev–Trinajstić information content (AvgIpc) is 3.43. The minimum atomic E-state index is 0.0776. The molecule has 1 aliphatic rings. The normalized spacial score (nSPS) is 13.9. The maximum absolute atomic E-state index is 12.9. The monoisotopic (exact) mass is 391 g/mol. The van der Waals surface area contributed by atoms with Crippen LogP contribution in [0.2, 0.25) is 0 Å². The number of aromatic nitrogens is 3. The van der Waals surface area contributed by atoms with Crippen molar-refractivity contribution in [1.29, 1.82) is 0 Å². The second-order valence-corrected chi connectivity index (χ2v) is 8.42. The second-order valence-electron chi connectivity index (χ2n) is 6.62. The van der Waals surface area contributed by atoms with Crippen LogP contribution in [0.1, 0.15) is 24.6 Å². The van der Waals surface area contributed by atoms with Gasteiger partial charge in [0.15, 0.2) is 5.16 Å². The van der Waals surface area contributed by atoms with Gasteiger partial charge in [-0.25, -0.2) is 9.97 Å². The van der Waals surface area contributed by atoms with Crippen molar-refractivity contribution < 1.29 is 0 Å². The van der Waals surface area contributed by atoms with Gasteiger partial charge in [-0.3, -0.25) is 9.36 Å². The van der Waals surface area contributed by atoms with Gasteiger partial charge in [0, 0.05) is 22.7 Å². The molecule has 0 unspecified atom stereocenters. The van der Waals surface area contributed by atoms with Gasteiger partial charge in [0.2, 0.25) is 0 Å². The molecule has 0 saturated heterocycles. The molecule has 1 fully saturated rings. The summed E-state index contributed by atoms with van der Waals surface area (Å²) in [7, 11) is 0. The Morgan fingerprint density at radius 3 is 2.63 bits per heavy atom. The highest BCUT2D eigenvalue weighted by Gasteiger charge is 2.28. The van der Waals surface area contributed by atoms with Crippen LogP contribution in [-0.2, 0) is 5.75 Å². The molecular weight excluding hydrogens is 374 g/mol. The molecule has 0 bridgehead atoms. The predicted octanol–water partition coefficient (Wildman–Crippen LogP) is 5.15. The lowest BCUT2D eigenvalue weighted by atomic mass is 10.2. The third kappa shape index (κ3) is 3.31. The van der Waals surface area contributed by atoms with Gasteiger partial charge in [-0.1, -0.05) is 54.2 Å². The molecule has 4 aromatic rings. The zero-order chi connectivity index (χ0) is 18.2. The second kappa shape index (κ2) is 6.94. The Labute approximate surface area is 164 Å². The molecule has 27 heavy (non-hydrogen) atoms. The smallest absolute Gasteiger partial charge is 0.262 e. The Morgan fingerprint density at radius 1 is 1.04 bits per heavy atom. The number of hydrogen-bond donors (Lipinski definition) is 0. The fraction of sp³-hybridized carbons (Fsp3) is 0.190. The van der Waals surface area contributed by atoms with Gasteiger partial charge in [0.05, 0.1) is 16.6 Å². The summed E-state index contributed by atoms with van der Waals surface area (Å²) < 4.78 is 1.89. The van der Waals surface area contributed by atoms with E-state index in [0.29, 0.717) is 17.2 Å². The van der Waals surface area contributed by atoms with E-state index in [4.69, 9.17) is 9.97 Å². The largest absolute Gasteiger partial charge is 0.284 e. The van der Waals surface area contributed by atoms with Crippen molar-refractivity contribution in [2.75, 3.05) is 0 Å². The van der Waals surface area contributed by atoms with E-state index in [-0.39, 0.29) is 5.56 Å². The van der Waals surface area contributed by atoms with Crippen LogP contribution in [-0.4, -0.2) is 14.5 Å². The molecule has 5 rings (SSSR count). The van der Waals surface area contributed by atoms with E-state index in [9.17, 15) is 4.79 Å². The van der Waals surface area contributed by atoms with E-state index >= 15 is 0 Å². The van der Waals surface area contributed by atoms with Gasteiger partial charge in [-0.05, 0) is 25.0 Å². The van der Waals surface area contributed by atoms with E-state index in [2.05, 4.69) is 17.5 Å². The number of hydrogen-bond acceptors (Lipinski definition) is 5. The molecule has 6 heteroatoms. The molecule has 0 amide bonds. The maximum atomic E-state index is 12.9. The van der Waals surface area contributed by atoms with Gasteiger partial charge >= 0.3 is 0 Å². The first kappa shape index (κ1) is 16.7. The van der Waals surface area contributed by atoms with Gasteiger partial charge < -0.3 is 0 Å². The molecule has 2 aromatic carbocycles. The van der Waals surface area contributed by atoms with Crippen LogP contribution >= 0.6 is 23.1 Å². The zero-order valence-electron chi connectivity index (χ0n) is 14.5. The summed E-state index contributed by atoms with van der Waals surface area (Å²) in [5.41, 5.74) is 3.00. The van der Waals surface area contributed by atoms with Gasteiger partial charge in [-0.2, -0.15) is 0 Å². The van der Waals surface area contributed by atoms with Crippen molar-refractivity contribution in [2.24, 2.45) is 0 Å². The maximum Gasteiger partial charge on any atom is 0.262 e. The predicted molar refractivity (Wildman–Crippen MR) is 111 cm³/mol.